The van der Waals surface area contributed by atoms with E-state index in [1.165, 1.54) is 18.2 Å². The van der Waals surface area contributed by atoms with E-state index < -0.39 is 4.92 Å². The van der Waals surface area contributed by atoms with Gasteiger partial charge in [-0.25, -0.2) is 0 Å². The summed E-state index contributed by atoms with van der Waals surface area (Å²) >= 11 is 0. The first-order valence-electron chi connectivity index (χ1n) is 5.48. The lowest BCUT2D eigenvalue weighted by Gasteiger charge is -2.19. The number of hydrogen-bond donors (Lipinski definition) is 1. The van der Waals surface area contributed by atoms with Crippen molar-refractivity contribution in [3.05, 3.63) is 45.8 Å². The third-order valence-electron chi connectivity index (χ3n) is 2.46. The largest absolute Gasteiger partial charge is 0.495 e. The van der Waals surface area contributed by atoms with Crippen LogP contribution < -0.4 is 0 Å². The first-order chi connectivity index (χ1) is 8.08. The standard InChI is InChI=1S/C12H16N2O3/c1-3-13(4-2)12(15)9-10-6-5-7-11(8-10)14(16)17/h5-9,15H,3-4H2,1-2H3/b12-9-. The van der Waals surface area contributed by atoms with Gasteiger partial charge < -0.3 is 10.0 Å². The molecule has 1 aromatic rings. The molecule has 1 aromatic carbocycles. The van der Waals surface area contributed by atoms with Crippen molar-refractivity contribution in [3.63, 3.8) is 0 Å². The van der Waals surface area contributed by atoms with Crippen LogP contribution in [0.15, 0.2) is 30.1 Å². The van der Waals surface area contributed by atoms with Crippen molar-refractivity contribution < 1.29 is 10.0 Å². The Balaban J connectivity index is 2.97. The van der Waals surface area contributed by atoms with Crippen molar-refractivity contribution in [3.8, 4) is 0 Å². The number of hydrogen-bond acceptors (Lipinski definition) is 4. The average Bonchev–Trinajstić information content (AvgIpc) is 2.30. The fraction of sp³-hybridized carbons (Fsp3) is 0.333. The molecule has 0 aliphatic rings. The summed E-state index contributed by atoms with van der Waals surface area (Å²) in [6.45, 7) is 5.24. The van der Waals surface area contributed by atoms with Gasteiger partial charge in [-0.15, -0.1) is 0 Å². The Morgan fingerprint density at radius 3 is 2.65 bits per heavy atom. The summed E-state index contributed by atoms with van der Waals surface area (Å²) in [6, 6.07) is 6.16. The van der Waals surface area contributed by atoms with Gasteiger partial charge in [-0.3, -0.25) is 10.1 Å². The Morgan fingerprint density at radius 1 is 1.47 bits per heavy atom. The molecule has 0 aromatic heterocycles. The van der Waals surface area contributed by atoms with Gasteiger partial charge >= 0.3 is 0 Å². The van der Waals surface area contributed by atoms with Crippen LogP contribution in [0.1, 0.15) is 19.4 Å². The molecule has 0 amide bonds. The first kappa shape index (κ1) is 13.0. The van der Waals surface area contributed by atoms with Crippen LogP contribution in [0.3, 0.4) is 0 Å². The van der Waals surface area contributed by atoms with E-state index in [9.17, 15) is 15.2 Å². The fourth-order valence-corrected chi connectivity index (χ4v) is 1.52. The number of aliphatic hydroxyl groups is 1. The number of rotatable bonds is 5. The van der Waals surface area contributed by atoms with Crippen molar-refractivity contribution in [2.24, 2.45) is 0 Å². The summed E-state index contributed by atoms with van der Waals surface area (Å²) in [5.41, 5.74) is 0.634. The highest BCUT2D eigenvalue weighted by atomic mass is 16.6. The molecule has 1 N–H and O–H groups in total. The van der Waals surface area contributed by atoms with Gasteiger partial charge in [0.25, 0.3) is 5.69 Å². The maximum atomic E-state index is 10.6. The number of benzene rings is 1. The summed E-state index contributed by atoms with van der Waals surface area (Å²) in [7, 11) is 0. The maximum Gasteiger partial charge on any atom is 0.270 e. The third-order valence-corrected chi connectivity index (χ3v) is 2.46. The second kappa shape index (κ2) is 5.89. The first-order valence-corrected chi connectivity index (χ1v) is 5.48. The molecule has 0 radical (unpaired) electrons. The van der Waals surface area contributed by atoms with E-state index in [0.29, 0.717) is 18.7 Å². The van der Waals surface area contributed by atoms with Crippen LogP contribution in [0.4, 0.5) is 5.69 Å². The third kappa shape index (κ3) is 3.48. The van der Waals surface area contributed by atoms with E-state index in [2.05, 4.69) is 0 Å². The molecule has 0 heterocycles. The van der Waals surface area contributed by atoms with Crippen LogP contribution in [-0.4, -0.2) is 28.0 Å². The highest BCUT2D eigenvalue weighted by Gasteiger charge is 2.07. The summed E-state index contributed by atoms with van der Waals surface area (Å²) in [5.74, 6) is 0.121. The van der Waals surface area contributed by atoms with Crippen molar-refractivity contribution in [1.29, 1.82) is 0 Å². The number of nitrogens with zero attached hydrogens (tertiary/aromatic N) is 2. The van der Waals surface area contributed by atoms with Gasteiger partial charge in [-0.05, 0) is 19.4 Å². The smallest absolute Gasteiger partial charge is 0.270 e. The van der Waals surface area contributed by atoms with Gasteiger partial charge in [0.2, 0.25) is 0 Å². The Labute approximate surface area is 100 Å². The minimum Gasteiger partial charge on any atom is -0.495 e. The Bertz CT molecular complexity index is 426. The highest BCUT2D eigenvalue weighted by molar-refractivity contribution is 5.54. The summed E-state index contributed by atoms with van der Waals surface area (Å²) < 4.78 is 0. The number of aliphatic hydroxyl groups excluding tert-OH is 1. The molecular formula is C12H16N2O3. The number of nitro groups is 1. The average molecular weight is 236 g/mol. The topological polar surface area (TPSA) is 66.6 Å². The zero-order valence-corrected chi connectivity index (χ0v) is 9.96. The molecule has 0 spiro atoms. The van der Waals surface area contributed by atoms with Crippen LogP contribution in [0.2, 0.25) is 0 Å². The normalized spacial score (nSPS) is 11.3. The predicted molar refractivity (Wildman–Crippen MR) is 66.6 cm³/mol. The van der Waals surface area contributed by atoms with Crippen molar-refractivity contribution in [2.75, 3.05) is 13.1 Å². The van der Waals surface area contributed by atoms with E-state index in [4.69, 9.17) is 0 Å². The number of non-ortho nitro benzene ring substituents is 1. The van der Waals surface area contributed by atoms with E-state index in [-0.39, 0.29) is 11.6 Å². The van der Waals surface area contributed by atoms with Crippen molar-refractivity contribution in [2.45, 2.75) is 13.8 Å². The van der Waals surface area contributed by atoms with Gasteiger partial charge in [0.1, 0.15) is 0 Å². The molecule has 1 rings (SSSR count). The molecule has 5 nitrogen and oxygen atoms in total. The molecule has 0 aliphatic carbocycles. The lowest BCUT2D eigenvalue weighted by atomic mass is 10.2. The van der Waals surface area contributed by atoms with E-state index in [1.54, 1.807) is 17.0 Å². The lowest BCUT2D eigenvalue weighted by molar-refractivity contribution is -0.384. The summed E-state index contributed by atoms with van der Waals surface area (Å²) in [5, 5.41) is 20.4. The molecule has 0 atom stereocenters. The van der Waals surface area contributed by atoms with E-state index in [0.717, 1.165) is 0 Å². The minimum atomic E-state index is -0.453. The van der Waals surface area contributed by atoms with E-state index >= 15 is 0 Å². The molecule has 5 heteroatoms. The van der Waals surface area contributed by atoms with Gasteiger partial charge in [0, 0.05) is 31.3 Å². The van der Waals surface area contributed by atoms with Gasteiger partial charge in [-0.1, -0.05) is 12.1 Å². The Morgan fingerprint density at radius 2 is 2.12 bits per heavy atom. The molecular weight excluding hydrogens is 220 g/mol. The zero-order valence-electron chi connectivity index (χ0n) is 9.96. The van der Waals surface area contributed by atoms with Crippen LogP contribution in [0, 0.1) is 10.1 Å². The molecule has 0 saturated carbocycles. The van der Waals surface area contributed by atoms with Crippen LogP contribution in [0.25, 0.3) is 6.08 Å². The molecule has 0 bridgehead atoms. The van der Waals surface area contributed by atoms with Gasteiger partial charge in [0.15, 0.2) is 5.88 Å². The van der Waals surface area contributed by atoms with Crippen molar-refractivity contribution in [1.82, 2.24) is 4.90 Å². The second-order valence-corrected chi connectivity index (χ2v) is 3.53. The highest BCUT2D eigenvalue weighted by Crippen LogP contribution is 2.16. The maximum absolute atomic E-state index is 10.6. The molecule has 92 valence electrons. The Hall–Kier alpha value is -2.04. The number of nitro benzene ring substituents is 1. The van der Waals surface area contributed by atoms with Crippen molar-refractivity contribution >= 4 is 11.8 Å². The Kier molecular flexibility index (Phi) is 4.51. The summed E-state index contributed by atoms with van der Waals surface area (Å²) in [4.78, 5) is 11.9. The van der Waals surface area contributed by atoms with Gasteiger partial charge in [0.05, 0.1) is 4.92 Å². The molecule has 0 unspecified atom stereocenters. The molecule has 0 fully saturated rings. The molecule has 17 heavy (non-hydrogen) atoms. The SMILES string of the molecule is CCN(CC)/C(O)=C/c1cccc([N+](=O)[O-])c1. The minimum absolute atomic E-state index is 0.0195. The fourth-order valence-electron chi connectivity index (χ4n) is 1.52. The van der Waals surface area contributed by atoms with Crippen LogP contribution >= 0.6 is 0 Å². The lowest BCUT2D eigenvalue weighted by Crippen LogP contribution is -2.21. The molecule has 0 saturated heterocycles. The second-order valence-electron chi connectivity index (χ2n) is 3.53. The van der Waals surface area contributed by atoms with Gasteiger partial charge in [-0.2, -0.15) is 0 Å². The predicted octanol–water partition coefficient (Wildman–Crippen LogP) is 2.79. The summed E-state index contributed by atoms with van der Waals surface area (Å²) in [6.07, 6.45) is 1.53. The van der Waals surface area contributed by atoms with E-state index in [1.807, 2.05) is 13.8 Å². The zero-order chi connectivity index (χ0) is 12.8. The van der Waals surface area contributed by atoms with Crippen LogP contribution in [-0.2, 0) is 0 Å². The monoisotopic (exact) mass is 236 g/mol. The van der Waals surface area contributed by atoms with Crippen LogP contribution in [0.5, 0.6) is 0 Å². The molecule has 0 aliphatic heterocycles. The quantitative estimate of drug-likeness (QED) is 0.485.